The smallest absolute Gasteiger partial charge is 0.509 e. The molecule has 0 spiro atoms. The van der Waals surface area contributed by atoms with Crippen LogP contribution >= 0.6 is 0 Å². The third kappa shape index (κ3) is 5.94. The fraction of sp³-hybridized carbons (Fsp3) is 0.220. The minimum absolute atomic E-state index is 0. The number of aryl methyl sites for hydroxylation is 3. The molecule has 0 atom stereocenters. The molecular weight excluding hydrogens is 760 g/mol. The maximum absolute atomic E-state index is 6.39. The Morgan fingerprint density at radius 2 is 1.53 bits per heavy atom. The summed E-state index contributed by atoms with van der Waals surface area (Å²) in [7, 11) is 0. The van der Waals surface area contributed by atoms with Gasteiger partial charge in [0.25, 0.3) is 0 Å². The molecule has 0 saturated heterocycles. The van der Waals surface area contributed by atoms with E-state index in [1.807, 2.05) is 47.4 Å². The van der Waals surface area contributed by atoms with Gasteiger partial charge in [-0.3, -0.25) is 4.68 Å². The number of benzene rings is 4. The summed E-state index contributed by atoms with van der Waals surface area (Å²) in [6.07, 6.45) is 10.0. The van der Waals surface area contributed by atoms with E-state index in [-0.39, 0.29) is 21.1 Å². The normalized spacial score (nSPS) is 11.3. The maximum atomic E-state index is 6.39. The molecular formula is C41H38N4OPt. The van der Waals surface area contributed by atoms with Gasteiger partial charge in [-0.2, -0.15) is 17.2 Å². The van der Waals surface area contributed by atoms with Crippen molar-refractivity contribution in [2.24, 2.45) is 0 Å². The van der Waals surface area contributed by atoms with Gasteiger partial charge in [-0.05, 0) is 95.3 Å². The van der Waals surface area contributed by atoms with Crippen LogP contribution in [0.1, 0.15) is 55.5 Å². The zero-order chi connectivity index (χ0) is 31.8. The van der Waals surface area contributed by atoms with Crippen LogP contribution in [0.4, 0.5) is 0 Å². The quantitative estimate of drug-likeness (QED) is 0.137. The molecule has 0 aliphatic heterocycles. The number of pyridine rings is 1. The van der Waals surface area contributed by atoms with Crippen molar-refractivity contribution < 1.29 is 25.8 Å². The number of fused-ring (bicyclic) bond motifs is 3. The first-order valence-corrected chi connectivity index (χ1v) is 16.3. The fourth-order valence-corrected chi connectivity index (χ4v) is 6.84. The first kappa shape index (κ1) is 32.5. The van der Waals surface area contributed by atoms with Gasteiger partial charge in [0.2, 0.25) is 0 Å². The van der Waals surface area contributed by atoms with E-state index in [4.69, 9.17) is 14.8 Å². The van der Waals surface area contributed by atoms with Crippen LogP contribution in [0.2, 0.25) is 0 Å². The minimum Gasteiger partial charge on any atom is -0.509 e. The molecule has 0 amide bonds. The average molecular weight is 798 g/mol. The van der Waals surface area contributed by atoms with Gasteiger partial charge >= 0.3 is 21.1 Å². The second-order valence-electron chi connectivity index (χ2n) is 11.7. The number of para-hydroxylation sites is 1. The standard InChI is InChI=1S/C41H38N4O.Pt/c1-6-28-22-29(7-2)41(35(9-4)34(28)8-3)30-25-43-44(26-30)31-13-12-14-32(23-31)46-33-17-18-37-36-15-10-11-16-38(36)45(39(37)24-33)40-21-27(5)19-20-42-40;/h10-22,25-26H,6-9H2,1-5H3;/q-2;+2. The van der Waals surface area contributed by atoms with E-state index in [2.05, 4.69) is 100.0 Å². The Hall–Kier alpha value is -4.47. The molecule has 0 bridgehead atoms. The monoisotopic (exact) mass is 797 g/mol. The van der Waals surface area contributed by atoms with Gasteiger partial charge in [-0.25, -0.2) is 4.98 Å². The van der Waals surface area contributed by atoms with Crippen LogP contribution in [0, 0.1) is 19.1 Å². The largest absolute Gasteiger partial charge is 2.00 e. The van der Waals surface area contributed by atoms with Crippen molar-refractivity contribution in [3.05, 3.63) is 131 Å². The topological polar surface area (TPSA) is 44.9 Å². The molecule has 3 aromatic heterocycles. The van der Waals surface area contributed by atoms with Gasteiger partial charge in [0.15, 0.2) is 0 Å². The molecule has 0 radical (unpaired) electrons. The van der Waals surface area contributed by atoms with E-state index < -0.39 is 0 Å². The average Bonchev–Trinajstić information content (AvgIpc) is 3.70. The molecule has 47 heavy (non-hydrogen) atoms. The summed E-state index contributed by atoms with van der Waals surface area (Å²) in [5.74, 6) is 2.07. The molecule has 0 N–H and O–H groups in total. The van der Waals surface area contributed by atoms with E-state index in [9.17, 15) is 0 Å². The minimum atomic E-state index is 0. The Kier molecular flexibility index (Phi) is 9.47. The van der Waals surface area contributed by atoms with Crippen molar-refractivity contribution in [3.8, 4) is 34.1 Å². The summed E-state index contributed by atoms with van der Waals surface area (Å²) in [6, 6.07) is 31.9. The van der Waals surface area contributed by atoms with E-state index in [0.29, 0.717) is 11.5 Å². The Morgan fingerprint density at radius 3 is 2.30 bits per heavy atom. The molecule has 0 saturated carbocycles. The number of rotatable bonds is 9. The van der Waals surface area contributed by atoms with Crippen LogP contribution in [0.15, 0.2) is 91.4 Å². The second-order valence-corrected chi connectivity index (χ2v) is 11.7. The molecule has 7 aromatic rings. The Bertz CT molecular complexity index is 2210. The van der Waals surface area contributed by atoms with Crippen molar-refractivity contribution in [2.75, 3.05) is 0 Å². The molecule has 238 valence electrons. The number of ether oxygens (including phenoxy) is 1. The molecule has 3 heterocycles. The number of aromatic nitrogens is 4. The van der Waals surface area contributed by atoms with Gasteiger partial charge in [0.1, 0.15) is 5.82 Å². The van der Waals surface area contributed by atoms with Crippen LogP contribution in [-0.4, -0.2) is 19.3 Å². The van der Waals surface area contributed by atoms with Crippen molar-refractivity contribution in [1.29, 1.82) is 0 Å². The summed E-state index contributed by atoms with van der Waals surface area (Å²) in [5.41, 5.74) is 12.2. The van der Waals surface area contributed by atoms with Crippen molar-refractivity contribution in [3.63, 3.8) is 0 Å². The Balaban J connectivity index is 0.00000386. The van der Waals surface area contributed by atoms with Gasteiger partial charge in [0, 0.05) is 35.0 Å². The molecule has 0 fully saturated rings. The van der Waals surface area contributed by atoms with Crippen molar-refractivity contribution >= 4 is 21.8 Å². The summed E-state index contributed by atoms with van der Waals surface area (Å²) in [4.78, 5) is 4.69. The first-order valence-electron chi connectivity index (χ1n) is 16.3. The van der Waals surface area contributed by atoms with Crippen LogP contribution in [0.3, 0.4) is 0 Å². The molecule has 0 aliphatic rings. The fourth-order valence-electron chi connectivity index (χ4n) is 6.84. The number of hydrogen-bond acceptors (Lipinski definition) is 3. The molecule has 0 unspecified atom stereocenters. The third-order valence-corrected chi connectivity index (χ3v) is 8.97. The van der Waals surface area contributed by atoms with Crippen molar-refractivity contribution in [1.82, 2.24) is 19.3 Å². The van der Waals surface area contributed by atoms with Gasteiger partial charge in [0.05, 0.1) is 6.20 Å². The zero-order valence-electron chi connectivity index (χ0n) is 27.5. The van der Waals surface area contributed by atoms with E-state index in [0.717, 1.165) is 70.1 Å². The summed E-state index contributed by atoms with van der Waals surface area (Å²) < 4.78 is 10.4. The van der Waals surface area contributed by atoms with E-state index in [1.165, 1.54) is 27.8 Å². The van der Waals surface area contributed by atoms with Gasteiger partial charge in [-0.1, -0.05) is 57.5 Å². The third-order valence-electron chi connectivity index (χ3n) is 8.97. The van der Waals surface area contributed by atoms with E-state index in [1.54, 1.807) is 0 Å². The van der Waals surface area contributed by atoms with Gasteiger partial charge in [-0.15, -0.1) is 35.7 Å². The predicted octanol–water partition coefficient (Wildman–Crippen LogP) is 9.98. The van der Waals surface area contributed by atoms with Crippen LogP contribution < -0.4 is 4.74 Å². The summed E-state index contributed by atoms with van der Waals surface area (Å²) >= 11 is 0. The second kappa shape index (κ2) is 13.7. The SMILES string of the molecule is CCc1cc(CC)c(-c2cnn(-c3[c-]c(Oc4[c-]c5c(cc4)c4ccccc4n5-c4cc(C)ccn4)ccc3)c2)c(CC)c1CC.[Pt+2]. The maximum Gasteiger partial charge on any atom is 2.00 e. The van der Waals surface area contributed by atoms with E-state index >= 15 is 0 Å². The van der Waals surface area contributed by atoms with Gasteiger partial charge < -0.3 is 9.30 Å². The van der Waals surface area contributed by atoms with Crippen LogP contribution in [-0.2, 0) is 46.7 Å². The summed E-state index contributed by atoms with van der Waals surface area (Å²) in [6.45, 7) is 11.1. The molecule has 0 aliphatic carbocycles. The number of nitrogens with zero attached hydrogens (tertiary/aromatic N) is 4. The predicted molar refractivity (Wildman–Crippen MR) is 188 cm³/mol. The summed E-state index contributed by atoms with van der Waals surface area (Å²) in [5, 5.41) is 7.04. The molecule has 6 heteroatoms. The Labute approximate surface area is 291 Å². The molecule has 4 aromatic carbocycles. The first-order chi connectivity index (χ1) is 22.5. The zero-order valence-corrected chi connectivity index (χ0v) is 29.8. The van der Waals surface area contributed by atoms with Crippen molar-refractivity contribution in [2.45, 2.75) is 60.3 Å². The molecule has 7 rings (SSSR count). The van der Waals surface area contributed by atoms with Crippen LogP contribution in [0.25, 0.3) is 44.4 Å². The number of hydrogen-bond donors (Lipinski definition) is 0. The van der Waals surface area contributed by atoms with Crippen LogP contribution in [0.5, 0.6) is 11.5 Å². The Morgan fingerprint density at radius 1 is 0.745 bits per heavy atom. The molecule has 5 nitrogen and oxygen atoms in total.